The maximum atomic E-state index is 5.34. The molecule has 2 aliphatic rings. The molecule has 6 heteroatoms. The van der Waals surface area contributed by atoms with Gasteiger partial charge < -0.3 is 9.97 Å². The van der Waals surface area contributed by atoms with Crippen LogP contribution in [0.3, 0.4) is 0 Å². The lowest BCUT2D eigenvalue weighted by Gasteiger charge is -2.13. The molecular formula is C46H37BrN4S. The van der Waals surface area contributed by atoms with Crippen molar-refractivity contribution in [1.82, 2.24) is 19.9 Å². The van der Waals surface area contributed by atoms with E-state index in [0.29, 0.717) is 0 Å². The average molecular weight is 758 g/mol. The number of hydrogen-bond acceptors (Lipinski definition) is 3. The Morgan fingerprint density at radius 3 is 1.35 bits per heavy atom. The lowest BCUT2D eigenvalue weighted by Crippen LogP contribution is -1.95. The summed E-state index contributed by atoms with van der Waals surface area (Å²) >= 11 is 8.43. The molecule has 0 fully saturated rings. The molecule has 0 radical (unpaired) electrons. The Bertz CT molecular complexity index is 2560. The number of rotatable bonds is 2. The molecule has 3 aromatic carbocycles. The van der Waals surface area contributed by atoms with Crippen molar-refractivity contribution in [2.75, 3.05) is 0 Å². The highest BCUT2D eigenvalue weighted by Gasteiger charge is 2.20. The zero-order valence-corrected chi connectivity index (χ0v) is 32.4. The van der Waals surface area contributed by atoms with Gasteiger partial charge in [-0.05, 0) is 164 Å². The van der Waals surface area contributed by atoms with Crippen LogP contribution in [0.1, 0.15) is 67.3 Å². The molecule has 0 amide bonds. The summed E-state index contributed by atoms with van der Waals surface area (Å²) < 4.78 is 0.939. The fraction of sp³-hybridized carbons (Fsp3) is 0.130. The highest BCUT2D eigenvalue weighted by molar-refractivity contribution is 9.10. The number of hydrogen-bond donors (Lipinski definition) is 3. The van der Waals surface area contributed by atoms with Gasteiger partial charge in [-0.3, -0.25) is 0 Å². The van der Waals surface area contributed by atoms with E-state index in [2.05, 4.69) is 165 Å². The van der Waals surface area contributed by atoms with Gasteiger partial charge in [0.1, 0.15) is 0 Å². The largest absolute Gasteiger partial charge is 0.354 e. The van der Waals surface area contributed by atoms with Gasteiger partial charge in [0, 0.05) is 32.6 Å². The SMILES string of the molecule is Cc1cc(C)c(-c2c3nc(c(C#Cc4ccc(S)cc4)c4nc(c(-c5c(C)cc(C)cc5C)c5ccc([nH]5)c(Br)c5ccc2[nH]5)C=C4)C=C3)c(C)c1. The molecule has 254 valence electrons. The molecule has 6 aromatic rings. The van der Waals surface area contributed by atoms with Crippen molar-refractivity contribution in [3.05, 3.63) is 145 Å². The number of benzene rings is 3. The quantitative estimate of drug-likeness (QED) is 0.121. The lowest BCUT2D eigenvalue weighted by molar-refractivity contribution is 1.25. The number of aromatic nitrogens is 4. The molecule has 0 atom stereocenters. The van der Waals surface area contributed by atoms with E-state index in [1.54, 1.807) is 0 Å². The van der Waals surface area contributed by atoms with Gasteiger partial charge in [-0.25, -0.2) is 9.97 Å². The van der Waals surface area contributed by atoms with Crippen molar-refractivity contribution in [3.63, 3.8) is 0 Å². The summed E-state index contributed by atoms with van der Waals surface area (Å²) in [4.78, 5) is 19.1. The molecule has 3 aromatic heterocycles. The van der Waals surface area contributed by atoms with Gasteiger partial charge in [0.2, 0.25) is 0 Å². The third kappa shape index (κ3) is 6.15. The molecule has 2 aliphatic heterocycles. The zero-order chi connectivity index (χ0) is 36.3. The fourth-order valence-electron chi connectivity index (χ4n) is 7.65. The number of aromatic amines is 2. The van der Waals surface area contributed by atoms with Crippen LogP contribution < -0.4 is 0 Å². The topological polar surface area (TPSA) is 57.4 Å². The number of thiol groups is 1. The monoisotopic (exact) mass is 756 g/mol. The van der Waals surface area contributed by atoms with Gasteiger partial charge in [0.15, 0.2) is 0 Å². The Morgan fingerprint density at radius 1 is 0.500 bits per heavy atom. The first-order valence-electron chi connectivity index (χ1n) is 17.3. The maximum Gasteiger partial charge on any atom is 0.0816 e. The summed E-state index contributed by atoms with van der Waals surface area (Å²) in [6, 6.07) is 25.4. The van der Waals surface area contributed by atoms with E-state index < -0.39 is 0 Å². The number of fused-ring (bicyclic) bond motifs is 8. The molecule has 52 heavy (non-hydrogen) atoms. The van der Waals surface area contributed by atoms with Crippen molar-refractivity contribution >= 4 is 74.9 Å². The number of aryl methyl sites for hydroxylation is 6. The predicted molar refractivity (Wildman–Crippen MR) is 226 cm³/mol. The van der Waals surface area contributed by atoms with Crippen LogP contribution in [0.25, 0.3) is 68.6 Å². The molecule has 4 nitrogen and oxygen atoms in total. The van der Waals surface area contributed by atoms with Crippen LogP contribution in [-0.2, 0) is 0 Å². The Kier molecular flexibility index (Phi) is 8.65. The van der Waals surface area contributed by atoms with Crippen molar-refractivity contribution in [1.29, 1.82) is 0 Å². The van der Waals surface area contributed by atoms with Crippen molar-refractivity contribution < 1.29 is 0 Å². The van der Waals surface area contributed by atoms with E-state index in [0.717, 1.165) is 76.5 Å². The van der Waals surface area contributed by atoms with Crippen molar-refractivity contribution in [2.45, 2.75) is 46.4 Å². The Labute approximate surface area is 318 Å². The molecule has 0 spiro atoms. The van der Waals surface area contributed by atoms with E-state index in [1.807, 2.05) is 24.3 Å². The van der Waals surface area contributed by atoms with Gasteiger partial charge >= 0.3 is 0 Å². The van der Waals surface area contributed by atoms with Crippen molar-refractivity contribution in [2.24, 2.45) is 0 Å². The average Bonchev–Trinajstić information content (AvgIpc) is 3.93. The molecule has 2 N–H and O–H groups in total. The van der Waals surface area contributed by atoms with E-state index in [4.69, 9.17) is 9.97 Å². The summed E-state index contributed by atoms with van der Waals surface area (Å²) in [5, 5.41) is 0. The molecule has 5 heterocycles. The van der Waals surface area contributed by atoms with Crippen LogP contribution >= 0.6 is 28.6 Å². The zero-order valence-electron chi connectivity index (χ0n) is 30.0. The minimum absolute atomic E-state index is 0.767. The van der Waals surface area contributed by atoms with Gasteiger partial charge in [0.05, 0.1) is 43.8 Å². The molecule has 8 bridgehead atoms. The molecular weight excluding hydrogens is 721 g/mol. The third-order valence-electron chi connectivity index (χ3n) is 9.74. The maximum absolute atomic E-state index is 5.34. The number of H-pyrrole nitrogens is 2. The number of nitrogens with one attached hydrogen (secondary N) is 2. The van der Waals surface area contributed by atoms with E-state index in [-0.39, 0.29) is 0 Å². The van der Waals surface area contributed by atoms with Crippen LogP contribution in [0.2, 0.25) is 0 Å². The number of halogens is 1. The molecule has 8 rings (SSSR count). The summed E-state index contributed by atoms with van der Waals surface area (Å²) in [5.74, 6) is 6.90. The fourth-order valence-corrected chi connectivity index (χ4v) is 8.26. The van der Waals surface area contributed by atoms with Gasteiger partial charge in [-0.1, -0.05) is 47.2 Å². The van der Waals surface area contributed by atoms with Gasteiger partial charge in [-0.2, -0.15) is 0 Å². The van der Waals surface area contributed by atoms with Crippen LogP contribution in [0.5, 0.6) is 0 Å². The second-order valence-electron chi connectivity index (χ2n) is 13.8. The van der Waals surface area contributed by atoms with Crippen molar-refractivity contribution in [3.8, 4) is 34.1 Å². The summed E-state index contributed by atoms with van der Waals surface area (Å²) in [7, 11) is 0. The standard InChI is InChI=1S/C46H37BrN4S/c1-25-21-27(3)42(28(4)22-25)44-36-15-13-34(48-36)33(12-9-31-7-10-32(52)11-8-31)35-14-16-37(49-35)45(43-29(5)23-26(2)24-30(43)6)39-18-20-41(51-39)46(47)40-19-17-38(44)50-40/h7-8,10-11,13-24,50-52H,1-6H3. The van der Waals surface area contributed by atoms with E-state index >= 15 is 0 Å². The minimum Gasteiger partial charge on any atom is -0.354 e. The summed E-state index contributed by atoms with van der Waals surface area (Å²) in [6.45, 7) is 13.0. The summed E-state index contributed by atoms with van der Waals surface area (Å²) in [5.41, 5.74) is 20.5. The molecule has 0 unspecified atom stereocenters. The highest BCUT2D eigenvalue weighted by Crippen LogP contribution is 2.39. The normalized spacial score (nSPS) is 11.9. The minimum atomic E-state index is 0.767. The Hall–Kier alpha value is -5.35. The highest BCUT2D eigenvalue weighted by atomic mass is 79.9. The lowest BCUT2D eigenvalue weighted by atomic mass is 9.92. The van der Waals surface area contributed by atoms with Crippen LogP contribution in [0.15, 0.2) is 82.2 Å². The first kappa shape index (κ1) is 33.8. The molecule has 0 saturated carbocycles. The third-order valence-corrected chi connectivity index (χ3v) is 10.9. The first-order valence-corrected chi connectivity index (χ1v) is 18.6. The second kappa shape index (κ2) is 13.3. The van der Waals surface area contributed by atoms with Crippen LogP contribution in [0, 0.1) is 53.4 Å². The van der Waals surface area contributed by atoms with Crippen LogP contribution in [-0.4, -0.2) is 19.9 Å². The second-order valence-corrected chi connectivity index (χ2v) is 15.1. The molecule has 0 saturated heterocycles. The van der Waals surface area contributed by atoms with E-state index in [9.17, 15) is 0 Å². The van der Waals surface area contributed by atoms with Crippen LogP contribution in [0.4, 0.5) is 0 Å². The van der Waals surface area contributed by atoms with Gasteiger partial charge in [-0.15, -0.1) is 12.6 Å². The summed E-state index contributed by atoms with van der Waals surface area (Å²) in [6.07, 6.45) is 8.36. The van der Waals surface area contributed by atoms with Gasteiger partial charge in [0.25, 0.3) is 0 Å². The Morgan fingerprint density at radius 2 is 0.904 bits per heavy atom. The number of nitrogens with zero attached hydrogens (tertiary/aromatic N) is 2. The van der Waals surface area contributed by atoms with E-state index in [1.165, 1.54) is 44.5 Å². The predicted octanol–water partition coefficient (Wildman–Crippen LogP) is 12.3. The smallest absolute Gasteiger partial charge is 0.0816 e. The first-order chi connectivity index (χ1) is 25.0. The Balaban J connectivity index is 1.54. The molecule has 0 aliphatic carbocycles.